The Balaban J connectivity index is 1.79. The average molecular weight is 314 g/mol. The van der Waals surface area contributed by atoms with Crippen molar-refractivity contribution in [2.24, 2.45) is 9.98 Å². The maximum absolute atomic E-state index is 9.60. The van der Waals surface area contributed by atoms with Gasteiger partial charge in [0.1, 0.15) is 0 Å². The molecule has 0 spiro atoms. The van der Waals surface area contributed by atoms with Gasteiger partial charge in [-0.25, -0.2) is 0 Å². The van der Waals surface area contributed by atoms with E-state index in [1.54, 1.807) is 24.3 Å². The van der Waals surface area contributed by atoms with Gasteiger partial charge in [0, 0.05) is 36.6 Å². The average Bonchev–Trinajstić information content (AvgIpc) is 2.54. The molecule has 0 atom stereocenters. The van der Waals surface area contributed by atoms with Crippen LogP contribution in [0.4, 0.5) is 0 Å². The second kappa shape index (κ2) is 7.84. The third kappa shape index (κ3) is 4.47. The van der Waals surface area contributed by atoms with Crippen LogP contribution in [0.1, 0.15) is 17.5 Å². The van der Waals surface area contributed by atoms with Gasteiger partial charge in [-0.2, -0.15) is 0 Å². The first-order valence-electron chi connectivity index (χ1n) is 7.11. The summed E-state index contributed by atoms with van der Waals surface area (Å²) in [5, 5.41) is 37.9. The van der Waals surface area contributed by atoms with Crippen LogP contribution in [0.5, 0.6) is 23.0 Å². The predicted octanol–water partition coefficient (Wildman–Crippen LogP) is 2.44. The number of benzene rings is 2. The zero-order valence-electron chi connectivity index (χ0n) is 12.4. The lowest BCUT2D eigenvalue weighted by Gasteiger charge is -2.01. The number of aromatic hydroxyl groups is 4. The lowest BCUT2D eigenvalue weighted by atomic mass is 10.2. The number of phenolic OH excluding ortho intramolecular Hbond substituents is 4. The summed E-state index contributed by atoms with van der Waals surface area (Å²) in [5.74, 6) is -0.726. The highest BCUT2D eigenvalue weighted by molar-refractivity contribution is 5.85. The summed E-state index contributed by atoms with van der Waals surface area (Å²) in [4.78, 5) is 8.32. The zero-order chi connectivity index (χ0) is 16.7. The van der Waals surface area contributed by atoms with Gasteiger partial charge < -0.3 is 20.4 Å². The second-order valence-electron chi connectivity index (χ2n) is 4.85. The Kier molecular flexibility index (Phi) is 5.57. The van der Waals surface area contributed by atoms with Crippen LogP contribution in [0.25, 0.3) is 0 Å². The van der Waals surface area contributed by atoms with E-state index in [9.17, 15) is 20.4 Å². The van der Waals surface area contributed by atoms with E-state index in [1.165, 1.54) is 24.6 Å². The van der Waals surface area contributed by atoms with Crippen molar-refractivity contribution >= 4 is 12.4 Å². The summed E-state index contributed by atoms with van der Waals surface area (Å²) in [6.45, 7) is 1.02. The van der Waals surface area contributed by atoms with Crippen LogP contribution < -0.4 is 0 Å². The van der Waals surface area contributed by atoms with Crippen molar-refractivity contribution in [3.05, 3.63) is 47.5 Å². The molecule has 0 amide bonds. The Morgan fingerprint density at radius 2 is 1.13 bits per heavy atom. The molecule has 2 aromatic carbocycles. The maximum Gasteiger partial charge on any atom is 0.166 e. The maximum atomic E-state index is 9.60. The van der Waals surface area contributed by atoms with Crippen LogP contribution in [-0.2, 0) is 0 Å². The molecule has 0 heterocycles. The topological polar surface area (TPSA) is 106 Å². The number of para-hydroxylation sites is 2. The van der Waals surface area contributed by atoms with E-state index in [2.05, 4.69) is 9.98 Å². The number of aliphatic imine (C=N–C) groups is 2. The van der Waals surface area contributed by atoms with Crippen molar-refractivity contribution in [2.75, 3.05) is 13.1 Å². The van der Waals surface area contributed by atoms with Gasteiger partial charge in [-0.3, -0.25) is 9.98 Å². The molecule has 0 saturated heterocycles. The number of hydrogen-bond acceptors (Lipinski definition) is 6. The molecule has 0 aliphatic heterocycles. The van der Waals surface area contributed by atoms with Crippen LogP contribution in [-0.4, -0.2) is 45.9 Å². The van der Waals surface area contributed by atoms with Crippen LogP contribution in [0, 0.1) is 0 Å². The largest absolute Gasteiger partial charge is 0.504 e. The van der Waals surface area contributed by atoms with Crippen LogP contribution in [0.3, 0.4) is 0 Å². The second-order valence-corrected chi connectivity index (χ2v) is 4.85. The molecule has 0 unspecified atom stereocenters. The predicted molar refractivity (Wildman–Crippen MR) is 89.1 cm³/mol. The zero-order valence-corrected chi connectivity index (χ0v) is 12.4. The monoisotopic (exact) mass is 314 g/mol. The normalized spacial score (nSPS) is 11.5. The van der Waals surface area contributed by atoms with Gasteiger partial charge in [0.2, 0.25) is 0 Å². The third-order valence-electron chi connectivity index (χ3n) is 3.13. The van der Waals surface area contributed by atoms with Crippen molar-refractivity contribution in [1.29, 1.82) is 0 Å². The molecule has 0 fully saturated rings. The van der Waals surface area contributed by atoms with E-state index in [0.717, 1.165) is 0 Å². The highest BCUT2D eigenvalue weighted by Gasteiger charge is 2.03. The van der Waals surface area contributed by atoms with Gasteiger partial charge in [-0.15, -0.1) is 0 Å². The first-order valence-corrected chi connectivity index (χ1v) is 7.11. The third-order valence-corrected chi connectivity index (χ3v) is 3.13. The molecule has 0 aliphatic rings. The highest BCUT2D eigenvalue weighted by atomic mass is 16.3. The minimum atomic E-state index is -0.186. The fourth-order valence-corrected chi connectivity index (χ4v) is 1.88. The van der Waals surface area contributed by atoms with Crippen molar-refractivity contribution < 1.29 is 20.4 Å². The number of nitrogens with zero attached hydrogens (tertiary/aromatic N) is 2. The number of rotatable bonds is 6. The molecule has 6 heteroatoms. The van der Waals surface area contributed by atoms with Gasteiger partial charge in [0.15, 0.2) is 23.0 Å². The first-order chi connectivity index (χ1) is 11.1. The lowest BCUT2D eigenvalue weighted by Crippen LogP contribution is -1.90. The summed E-state index contributed by atoms with van der Waals surface area (Å²) in [6, 6.07) is 9.37. The Morgan fingerprint density at radius 1 is 0.696 bits per heavy atom. The SMILES string of the molecule is Oc1cccc(C=NCCCN=Cc2cccc(O)c2O)c1O. The van der Waals surface area contributed by atoms with Crippen LogP contribution in [0.2, 0.25) is 0 Å². The lowest BCUT2D eigenvalue weighted by molar-refractivity contribution is 0.403. The quantitative estimate of drug-likeness (QED) is 0.373. The summed E-state index contributed by atoms with van der Waals surface area (Å²) in [5.41, 5.74) is 0.913. The van der Waals surface area contributed by atoms with Gasteiger partial charge in [-0.1, -0.05) is 12.1 Å². The fraction of sp³-hybridized carbons (Fsp3) is 0.176. The molecule has 0 bridgehead atoms. The van der Waals surface area contributed by atoms with Gasteiger partial charge in [0.05, 0.1) is 0 Å². The van der Waals surface area contributed by atoms with Crippen molar-refractivity contribution in [2.45, 2.75) is 6.42 Å². The van der Waals surface area contributed by atoms with Gasteiger partial charge >= 0.3 is 0 Å². The molecule has 0 saturated carbocycles. The van der Waals surface area contributed by atoms with Crippen molar-refractivity contribution in [3.8, 4) is 23.0 Å². The van der Waals surface area contributed by atoms with Crippen LogP contribution in [0.15, 0.2) is 46.4 Å². The van der Waals surface area contributed by atoms with E-state index in [1.807, 2.05) is 0 Å². The molecule has 2 rings (SSSR count). The summed E-state index contributed by atoms with van der Waals surface area (Å²) in [7, 11) is 0. The molecule has 0 aliphatic carbocycles. The molecule has 0 radical (unpaired) electrons. The minimum Gasteiger partial charge on any atom is -0.504 e. The molecule has 23 heavy (non-hydrogen) atoms. The molecular weight excluding hydrogens is 296 g/mol. The minimum absolute atomic E-state index is 0.176. The van der Waals surface area contributed by atoms with E-state index in [0.29, 0.717) is 30.6 Å². The van der Waals surface area contributed by atoms with Crippen molar-refractivity contribution in [3.63, 3.8) is 0 Å². The Labute approximate surface area is 133 Å². The highest BCUT2D eigenvalue weighted by Crippen LogP contribution is 2.27. The van der Waals surface area contributed by atoms with Crippen molar-refractivity contribution in [1.82, 2.24) is 0 Å². The Hall–Kier alpha value is -3.02. The number of phenols is 4. The van der Waals surface area contributed by atoms with Crippen LogP contribution >= 0.6 is 0 Å². The molecule has 120 valence electrons. The summed E-state index contributed by atoms with van der Waals surface area (Å²) in [6.07, 6.45) is 3.69. The number of hydrogen-bond donors (Lipinski definition) is 4. The Morgan fingerprint density at radius 3 is 1.57 bits per heavy atom. The van der Waals surface area contributed by atoms with Gasteiger partial charge in [-0.05, 0) is 30.7 Å². The smallest absolute Gasteiger partial charge is 0.166 e. The molecule has 0 aromatic heterocycles. The molecular formula is C17H18N2O4. The first kappa shape index (κ1) is 16.4. The fourth-order valence-electron chi connectivity index (χ4n) is 1.88. The molecule has 6 nitrogen and oxygen atoms in total. The Bertz CT molecular complexity index is 665. The van der Waals surface area contributed by atoms with Gasteiger partial charge in [0.25, 0.3) is 0 Å². The van der Waals surface area contributed by atoms with E-state index in [-0.39, 0.29) is 23.0 Å². The molecule has 2 aromatic rings. The van der Waals surface area contributed by atoms with E-state index < -0.39 is 0 Å². The standard InChI is InChI=1S/C17H18N2O4/c20-14-6-1-4-12(16(14)22)10-18-8-3-9-19-11-13-5-2-7-15(21)17(13)23/h1-2,4-7,10-11,20-23H,3,8-9H2. The molecule has 4 N–H and O–H groups in total. The van der Waals surface area contributed by atoms with E-state index >= 15 is 0 Å². The van der Waals surface area contributed by atoms with E-state index in [4.69, 9.17) is 0 Å². The summed E-state index contributed by atoms with van der Waals surface area (Å²) < 4.78 is 0. The summed E-state index contributed by atoms with van der Waals surface area (Å²) >= 11 is 0.